The van der Waals surface area contributed by atoms with Crippen molar-refractivity contribution in [3.8, 4) is 17.2 Å². The SMILES string of the molecule is Cc1ccc(OCCN(C)C(C)C(=O)Nc2ccc3c(c2)OCCO3)cc1. The lowest BCUT2D eigenvalue weighted by atomic mass is 10.2. The van der Waals surface area contributed by atoms with E-state index in [9.17, 15) is 4.79 Å². The molecule has 2 aromatic rings. The highest BCUT2D eigenvalue weighted by Gasteiger charge is 2.19. The highest BCUT2D eigenvalue weighted by Crippen LogP contribution is 2.32. The molecule has 27 heavy (non-hydrogen) atoms. The minimum absolute atomic E-state index is 0.0792. The molecule has 1 unspecified atom stereocenters. The Morgan fingerprint density at radius 3 is 2.59 bits per heavy atom. The van der Waals surface area contributed by atoms with E-state index in [1.165, 1.54) is 5.56 Å². The number of fused-ring (bicyclic) bond motifs is 1. The van der Waals surface area contributed by atoms with E-state index in [1.807, 2.05) is 62.2 Å². The average molecular weight is 370 g/mol. The van der Waals surface area contributed by atoms with Gasteiger partial charge in [0.05, 0.1) is 6.04 Å². The summed E-state index contributed by atoms with van der Waals surface area (Å²) in [6.45, 7) is 6.14. The average Bonchev–Trinajstić information content (AvgIpc) is 2.68. The van der Waals surface area contributed by atoms with E-state index in [1.54, 1.807) is 6.07 Å². The molecule has 144 valence electrons. The maximum atomic E-state index is 12.5. The fraction of sp³-hybridized carbons (Fsp3) is 0.381. The summed E-state index contributed by atoms with van der Waals surface area (Å²) >= 11 is 0. The molecule has 1 atom stereocenters. The summed E-state index contributed by atoms with van der Waals surface area (Å²) in [6, 6.07) is 13.1. The first kappa shape index (κ1) is 19.0. The minimum atomic E-state index is -0.292. The first-order valence-corrected chi connectivity index (χ1v) is 9.13. The van der Waals surface area contributed by atoms with Gasteiger partial charge in [0, 0.05) is 18.3 Å². The van der Waals surface area contributed by atoms with Gasteiger partial charge in [-0.05, 0) is 45.2 Å². The van der Waals surface area contributed by atoms with Crippen molar-refractivity contribution in [2.45, 2.75) is 19.9 Å². The Morgan fingerprint density at radius 2 is 1.85 bits per heavy atom. The first-order valence-electron chi connectivity index (χ1n) is 9.13. The van der Waals surface area contributed by atoms with Crippen LogP contribution in [0.2, 0.25) is 0 Å². The van der Waals surface area contributed by atoms with Crippen LogP contribution in [-0.4, -0.2) is 50.3 Å². The Bertz CT molecular complexity index is 776. The zero-order valence-corrected chi connectivity index (χ0v) is 16.0. The van der Waals surface area contributed by atoms with Crippen LogP contribution in [0.15, 0.2) is 42.5 Å². The van der Waals surface area contributed by atoms with Gasteiger partial charge < -0.3 is 19.5 Å². The van der Waals surface area contributed by atoms with Crippen LogP contribution in [0.5, 0.6) is 17.2 Å². The fourth-order valence-electron chi connectivity index (χ4n) is 2.70. The smallest absolute Gasteiger partial charge is 0.241 e. The number of anilines is 1. The van der Waals surface area contributed by atoms with Crippen molar-refractivity contribution in [2.24, 2.45) is 0 Å². The van der Waals surface area contributed by atoms with Gasteiger partial charge in [0.1, 0.15) is 25.6 Å². The molecule has 0 aliphatic carbocycles. The molecular weight excluding hydrogens is 344 g/mol. The number of rotatable bonds is 7. The molecule has 1 heterocycles. The Balaban J connectivity index is 1.48. The number of hydrogen-bond acceptors (Lipinski definition) is 5. The van der Waals surface area contributed by atoms with Crippen molar-refractivity contribution in [3.63, 3.8) is 0 Å². The van der Waals surface area contributed by atoms with Crippen molar-refractivity contribution in [1.82, 2.24) is 4.90 Å². The molecule has 2 aromatic carbocycles. The van der Waals surface area contributed by atoms with Crippen molar-refractivity contribution >= 4 is 11.6 Å². The number of benzene rings is 2. The molecule has 1 N–H and O–H groups in total. The predicted molar refractivity (Wildman–Crippen MR) is 105 cm³/mol. The molecule has 0 spiro atoms. The molecular formula is C21H26N2O4. The third kappa shape index (κ3) is 5.14. The van der Waals surface area contributed by atoms with E-state index in [-0.39, 0.29) is 11.9 Å². The number of ether oxygens (including phenoxy) is 3. The van der Waals surface area contributed by atoms with E-state index in [0.29, 0.717) is 43.6 Å². The summed E-state index contributed by atoms with van der Waals surface area (Å²) in [6.07, 6.45) is 0. The molecule has 6 heteroatoms. The normalized spacial score (nSPS) is 13.9. The number of hydrogen-bond donors (Lipinski definition) is 1. The molecule has 0 saturated heterocycles. The van der Waals surface area contributed by atoms with Gasteiger partial charge in [-0.25, -0.2) is 0 Å². The molecule has 1 aliphatic rings. The zero-order chi connectivity index (χ0) is 19.2. The number of nitrogens with zero attached hydrogens (tertiary/aromatic N) is 1. The molecule has 0 saturated carbocycles. The fourth-order valence-corrected chi connectivity index (χ4v) is 2.70. The van der Waals surface area contributed by atoms with Crippen molar-refractivity contribution in [2.75, 3.05) is 38.7 Å². The van der Waals surface area contributed by atoms with Gasteiger partial charge in [-0.15, -0.1) is 0 Å². The van der Waals surface area contributed by atoms with E-state index in [4.69, 9.17) is 14.2 Å². The Morgan fingerprint density at radius 1 is 1.15 bits per heavy atom. The molecule has 0 fully saturated rings. The van der Waals surface area contributed by atoms with Crippen LogP contribution in [0, 0.1) is 6.92 Å². The van der Waals surface area contributed by atoms with Crippen molar-refractivity contribution < 1.29 is 19.0 Å². The number of aryl methyl sites for hydroxylation is 1. The van der Waals surface area contributed by atoms with Gasteiger partial charge >= 0.3 is 0 Å². The zero-order valence-electron chi connectivity index (χ0n) is 16.0. The van der Waals surface area contributed by atoms with E-state index in [2.05, 4.69) is 5.32 Å². The second kappa shape index (κ2) is 8.77. The number of likely N-dealkylation sites (N-methyl/N-ethyl adjacent to an activating group) is 1. The van der Waals surface area contributed by atoms with Gasteiger partial charge in [-0.3, -0.25) is 9.69 Å². The van der Waals surface area contributed by atoms with Crippen LogP contribution < -0.4 is 19.5 Å². The summed E-state index contributed by atoms with van der Waals surface area (Å²) < 4.78 is 16.8. The molecule has 6 nitrogen and oxygen atoms in total. The lowest BCUT2D eigenvalue weighted by Crippen LogP contribution is -2.41. The van der Waals surface area contributed by atoms with Gasteiger partial charge in [-0.1, -0.05) is 17.7 Å². The maximum Gasteiger partial charge on any atom is 0.241 e. The standard InChI is InChI=1S/C21H26N2O4/c1-15-4-7-18(8-5-15)25-11-10-23(3)16(2)21(24)22-17-6-9-19-20(14-17)27-13-12-26-19/h4-9,14,16H,10-13H2,1-3H3,(H,22,24). The Hall–Kier alpha value is -2.73. The molecule has 0 radical (unpaired) electrons. The number of carbonyl (C=O) groups excluding carboxylic acids is 1. The molecule has 1 amide bonds. The third-order valence-electron chi connectivity index (χ3n) is 4.58. The summed E-state index contributed by atoms with van der Waals surface area (Å²) in [5.41, 5.74) is 1.89. The quantitative estimate of drug-likeness (QED) is 0.812. The van der Waals surface area contributed by atoms with Crippen LogP contribution in [0.25, 0.3) is 0 Å². The molecule has 3 rings (SSSR count). The van der Waals surface area contributed by atoms with Crippen LogP contribution in [0.4, 0.5) is 5.69 Å². The monoisotopic (exact) mass is 370 g/mol. The largest absolute Gasteiger partial charge is 0.492 e. The van der Waals surface area contributed by atoms with Gasteiger partial charge in [0.2, 0.25) is 5.91 Å². The maximum absolute atomic E-state index is 12.5. The van der Waals surface area contributed by atoms with Crippen molar-refractivity contribution in [1.29, 1.82) is 0 Å². The Kier molecular flexibility index (Phi) is 6.19. The topological polar surface area (TPSA) is 60.0 Å². The summed E-state index contributed by atoms with van der Waals surface area (Å²) in [5.74, 6) is 2.12. The van der Waals surface area contributed by atoms with Gasteiger partial charge in [0.25, 0.3) is 0 Å². The highest BCUT2D eigenvalue weighted by molar-refractivity contribution is 5.94. The van der Waals surface area contributed by atoms with Gasteiger partial charge in [-0.2, -0.15) is 0 Å². The van der Waals surface area contributed by atoms with E-state index in [0.717, 1.165) is 5.75 Å². The van der Waals surface area contributed by atoms with Crippen LogP contribution >= 0.6 is 0 Å². The predicted octanol–water partition coefficient (Wildman–Crippen LogP) is 3.10. The van der Waals surface area contributed by atoms with Gasteiger partial charge in [0.15, 0.2) is 11.5 Å². The molecule has 1 aliphatic heterocycles. The molecule has 0 bridgehead atoms. The van der Waals surface area contributed by atoms with E-state index >= 15 is 0 Å². The lowest BCUT2D eigenvalue weighted by molar-refractivity contribution is -0.120. The molecule has 0 aromatic heterocycles. The second-order valence-electron chi connectivity index (χ2n) is 6.67. The third-order valence-corrected chi connectivity index (χ3v) is 4.58. The first-order chi connectivity index (χ1) is 13.0. The van der Waals surface area contributed by atoms with Crippen molar-refractivity contribution in [3.05, 3.63) is 48.0 Å². The highest BCUT2D eigenvalue weighted by atomic mass is 16.6. The summed E-state index contributed by atoms with van der Waals surface area (Å²) in [4.78, 5) is 14.5. The Labute approximate surface area is 160 Å². The lowest BCUT2D eigenvalue weighted by Gasteiger charge is -2.24. The van der Waals surface area contributed by atoms with E-state index < -0.39 is 0 Å². The number of nitrogens with one attached hydrogen (secondary N) is 1. The van der Waals surface area contributed by atoms with Crippen LogP contribution in [-0.2, 0) is 4.79 Å². The minimum Gasteiger partial charge on any atom is -0.492 e. The van der Waals surface area contributed by atoms with Crippen LogP contribution in [0.3, 0.4) is 0 Å². The number of carbonyl (C=O) groups is 1. The number of amides is 1. The van der Waals surface area contributed by atoms with Crippen LogP contribution in [0.1, 0.15) is 12.5 Å². The summed E-state index contributed by atoms with van der Waals surface area (Å²) in [7, 11) is 1.91. The second-order valence-corrected chi connectivity index (χ2v) is 6.67. The summed E-state index contributed by atoms with van der Waals surface area (Å²) in [5, 5.41) is 2.93.